The average Bonchev–Trinajstić information content (AvgIpc) is 2.47. The summed E-state index contributed by atoms with van der Waals surface area (Å²) >= 11 is 4.97. The highest BCUT2D eigenvalue weighted by molar-refractivity contribution is 9.10. The Bertz CT molecular complexity index is 779. The lowest BCUT2D eigenvalue weighted by molar-refractivity contribution is 0.562. The fraction of sp³-hybridized carbons (Fsp3) is 0.214. The number of hydrogen-bond acceptors (Lipinski definition) is 4. The molecule has 0 unspecified atom stereocenters. The number of nitrogens with zero attached hydrogens (tertiary/aromatic N) is 3. The molecule has 0 N–H and O–H groups in total. The van der Waals surface area contributed by atoms with E-state index >= 15 is 0 Å². The van der Waals surface area contributed by atoms with Gasteiger partial charge in [-0.25, -0.2) is 4.98 Å². The van der Waals surface area contributed by atoms with E-state index < -0.39 is 0 Å². The molecule has 0 fully saturated rings. The van der Waals surface area contributed by atoms with Crippen molar-refractivity contribution in [2.24, 2.45) is 0 Å². The summed E-state index contributed by atoms with van der Waals surface area (Å²) in [4.78, 5) is 16.9. The van der Waals surface area contributed by atoms with Crippen molar-refractivity contribution >= 4 is 27.7 Å². The molecular weight excluding hydrogens is 338 g/mol. The van der Waals surface area contributed by atoms with E-state index in [1.807, 2.05) is 30.3 Å². The molecule has 0 radical (unpaired) electrons. The Hall–Kier alpha value is -1.58. The van der Waals surface area contributed by atoms with Crippen molar-refractivity contribution in [2.75, 3.05) is 5.75 Å². The summed E-state index contributed by atoms with van der Waals surface area (Å²) in [6, 6.07) is 9.50. The molecule has 1 aromatic carbocycles. The van der Waals surface area contributed by atoms with Gasteiger partial charge in [-0.05, 0) is 18.6 Å². The van der Waals surface area contributed by atoms with Crippen molar-refractivity contribution in [1.29, 1.82) is 5.26 Å². The van der Waals surface area contributed by atoms with E-state index in [1.54, 1.807) is 16.3 Å². The minimum absolute atomic E-state index is 0.120. The zero-order valence-electron chi connectivity index (χ0n) is 10.5. The fourth-order valence-corrected chi connectivity index (χ4v) is 3.52. The highest BCUT2D eigenvalue weighted by Crippen LogP contribution is 2.27. The van der Waals surface area contributed by atoms with Crippen LogP contribution < -0.4 is 5.56 Å². The number of halogens is 1. The molecule has 1 aliphatic heterocycles. The molecule has 1 aliphatic rings. The maximum Gasteiger partial charge on any atom is 0.272 e. The van der Waals surface area contributed by atoms with Crippen LogP contribution in [0.15, 0.2) is 38.7 Å². The summed E-state index contributed by atoms with van der Waals surface area (Å²) < 4.78 is 2.50. The van der Waals surface area contributed by atoms with Crippen molar-refractivity contribution in [3.63, 3.8) is 0 Å². The van der Waals surface area contributed by atoms with Gasteiger partial charge in [0.15, 0.2) is 5.16 Å². The minimum Gasteiger partial charge on any atom is -0.286 e. The molecule has 0 amide bonds. The lowest BCUT2D eigenvalue weighted by atomic mass is 10.1. The predicted octanol–water partition coefficient (Wildman–Crippen LogP) is 3.04. The van der Waals surface area contributed by atoms with Gasteiger partial charge in [-0.2, -0.15) is 5.26 Å². The second-order valence-electron chi connectivity index (χ2n) is 4.40. The molecule has 0 spiro atoms. The molecule has 2 heterocycles. The van der Waals surface area contributed by atoms with Gasteiger partial charge in [0.25, 0.3) is 5.56 Å². The molecule has 0 saturated carbocycles. The van der Waals surface area contributed by atoms with E-state index in [0.717, 1.165) is 22.2 Å². The van der Waals surface area contributed by atoms with Crippen LogP contribution in [0.25, 0.3) is 11.3 Å². The Labute approximate surface area is 128 Å². The summed E-state index contributed by atoms with van der Waals surface area (Å²) in [7, 11) is 0. The van der Waals surface area contributed by atoms with Crippen molar-refractivity contribution in [3.8, 4) is 17.3 Å². The first-order valence-electron chi connectivity index (χ1n) is 6.14. The zero-order valence-corrected chi connectivity index (χ0v) is 12.9. The van der Waals surface area contributed by atoms with Crippen LogP contribution >= 0.6 is 27.7 Å². The molecule has 20 heavy (non-hydrogen) atoms. The third kappa shape index (κ3) is 2.28. The molecule has 6 heteroatoms. The van der Waals surface area contributed by atoms with E-state index in [2.05, 4.69) is 20.9 Å². The number of hydrogen-bond donors (Lipinski definition) is 0. The molecule has 4 nitrogen and oxygen atoms in total. The number of thioether (sulfide) groups is 1. The molecule has 1 aromatic heterocycles. The van der Waals surface area contributed by atoms with E-state index in [9.17, 15) is 10.1 Å². The molecule has 0 aliphatic carbocycles. The van der Waals surface area contributed by atoms with E-state index in [4.69, 9.17) is 0 Å². The molecule has 3 rings (SSSR count). The maximum atomic E-state index is 12.4. The van der Waals surface area contributed by atoms with Crippen molar-refractivity contribution in [3.05, 3.63) is 44.7 Å². The van der Waals surface area contributed by atoms with Gasteiger partial charge in [0.2, 0.25) is 0 Å². The van der Waals surface area contributed by atoms with Crippen LogP contribution in [0, 0.1) is 11.3 Å². The number of benzene rings is 1. The van der Waals surface area contributed by atoms with Gasteiger partial charge in [-0.15, -0.1) is 0 Å². The van der Waals surface area contributed by atoms with Gasteiger partial charge in [-0.3, -0.25) is 9.36 Å². The summed E-state index contributed by atoms with van der Waals surface area (Å²) in [5.41, 5.74) is 1.14. The van der Waals surface area contributed by atoms with Crippen LogP contribution in [-0.4, -0.2) is 15.3 Å². The van der Waals surface area contributed by atoms with Crippen LogP contribution in [0.4, 0.5) is 0 Å². The van der Waals surface area contributed by atoms with Gasteiger partial charge >= 0.3 is 0 Å². The van der Waals surface area contributed by atoms with Gasteiger partial charge in [0, 0.05) is 22.3 Å². The first kappa shape index (κ1) is 13.4. The quantitative estimate of drug-likeness (QED) is 0.744. The first-order valence-corrected chi connectivity index (χ1v) is 7.92. The Balaban J connectivity index is 2.28. The van der Waals surface area contributed by atoms with E-state index in [0.29, 0.717) is 17.4 Å². The van der Waals surface area contributed by atoms with Crippen LogP contribution in [0.3, 0.4) is 0 Å². The standard InChI is InChI=1S/C14H10BrN3OS/c15-10-4-1-3-9(7-10)12-11(8-16)13(19)18-5-2-6-20-14(18)17-12/h1,3-4,7H,2,5-6H2. The highest BCUT2D eigenvalue weighted by atomic mass is 79.9. The lowest BCUT2D eigenvalue weighted by Gasteiger charge is -2.18. The molecule has 0 saturated heterocycles. The largest absolute Gasteiger partial charge is 0.286 e. The van der Waals surface area contributed by atoms with Crippen LogP contribution in [0.1, 0.15) is 12.0 Å². The summed E-state index contributed by atoms with van der Waals surface area (Å²) in [6.45, 7) is 0.640. The number of nitriles is 1. The van der Waals surface area contributed by atoms with Crippen molar-refractivity contribution in [1.82, 2.24) is 9.55 Å². The SMILES string of the molecule is N#Cc1c(-c2cccc(Br)c2)nc2n(c1=O)CCCS2. The monoisotopic (exact) mass is 347 g/mol. The number of fused-ring (bicyclic) bond motifs is 1. The zero-order chi connectivity index (χ0) is 14.1. The first-order chi connectivity index (χ1) is 9.70. The van der Waals surface area contributed by atoms with Gasteiger partial charge in [0.1, 0.15) is 11.6 Å². The van der Waals surface area contributed by atoms with Gasteiger partial charge < -0.3 is 0 Å². The smallest absolute Gasteiger partial charge is 0.272 e. The Morgan fingerprint density at radius 2 is 2.30 bits per heavy atom. The van der Waals surface area contributed by atoms with E-state index in [-0.39, 0.29) is 11.1 Å². The van der Waals surface area contributed by atoms with Gasteiger partial charge in [0.05, 0.1) is 5.69 Å². The fourth-order valence-electron chi connectivity index (χ4n) is 2.17. The van der Waals surface area contributed by atoms with Crippen molar-refractivity contribution in [2.45, 2.75) is 18.1 Å². The third-order valence-corrected chi connectivity index (χ3v) is 4.66. The Morgan fingerprint density at radius 3 is 3.05 bits per heavy atom. The maximum absolute atomic E-state index is 12.4. The summed E-state index contributed by atoms with van der Waals surface area (Å²) in [5.74, 6) is 0.955. The second kappa shape index (κ2) is 5.43. The highest BCUT2D eigenvalue weighted by Gasteiger charge is 2.20. The molecular formula is C14H10BrN3OS. The molecule has 2 aromatic rings. The number of aromatic nitrogens is 2. The predicted molar refractivity (Wildman–Crippen MR) is 81.7 cm³/mol. The average molecular weight is 348 g/mol. The molecule has 100 valence electrons. The Morgan fingerprint density at radius 1 is 1.45 bits per heavy atom. The summed E-state index contributed by atoms with van der Waals surface area (Å²) in [6.07, 6.45) is 0.931. The number of rotatable bonds is 1. The normalized spacial score (nSPS) is 13.6. The van der Waals surface area contributed by atoms with Crippen LogP contribution in [0.2, 0.25) is 0 Å². The van der Waals surface area contributed by atoms with Crippen molar-refractivity contribution < 1.29 is 0 Å². The minimum atomic E-state index is -0.236. The van der Waals surface area contributed by atoms with Gasteiger partial charge in [-0.1, -0.05) is 39.8 Å². The van der Waals surface area contributed by atoms with Crippen LogP contribution in [-0.2, 0) is 6.54 Å². The third-order valence-electron chi connectivity index (χ3n) is 3.10. The van der Waals surface area contributed by atoms with Crippen LogP contribution in [0.5, 0.6) is 0 Å². The molecule has 0 bridgehead atoms. The topological polar surface area (TPSA) is 58.7 Å². The Kier molecular flexibility index (Phi) is 3.64. The summed E-state index contributed by atoms with van der Waals surface area (Å²) in [5, 5.41) is 10.0. The van der Waals surface area contributed by atoms with E-state index in [1.165, 1.54) is 0 Å². The second-order valence-corrected chi connectivity index (χ2v) is 6.38. The lowest BCUT2D eigenvalue weighted by Crippen LogP contribution is -2.28. The molecule has 0 atom stereocenters.